The minimum Gasteiger partial charge on any atom is -0.379 e. The van der Waals surface area contributed by atoms with E-state index in [9.17, 15) is 17.6 Å². The zero-order valence-corrected chi connectivity index (χ0v) is 14.2. The van der Waals surface area contributed by atoms with Gasteiger partial charge in [-0.3, -0.25) is 4.79 Å². The third kappa shape index (κ3) is 4.49. The Morgan fingerprint density at radius 3 is 2.65 bits per heavy atom. The van der Waals surface area contributed by atoms with Gasteiger partial charge in [0.15, 0.2) is 0 Å². The summed E-state index contributed by atoms with van der Waals surface area (Å²) < 4.78 is 43.8. The van der Waals surface area contributed by atoms with Gasteiger partial charge in [0.2, 0.25) is 10.0 Å². The van der Waals surface area contributed by atoms with E-state index >= 15 is 0 Å². The van der Waals surface area contributed by atoms with Crippen molar-refractivity contribution in [3.63, 3.8) is 0 Å². The Morgan fingerprint density at radius 2 is 2.04 bits per heavy atom. The highest BCUT2D eigenvalue weighted by Crippen LogP contribution is 2.18. The van der Waals surface area contributed by atoms with Crippen LogP contribution in [-0.4, -0.2) is 57.7 Å². The Labute approximate surface area is 135 Å². The van der Waals surface area contributed by atoms with Gasteiger partial charge in [-0.15, -0.1) is 0 Å². The van der Waals surface area contributed by atoms with Crippen LogP contribution < -0.4 is 5.32 Å². The summed E-state index contributed by atoms with van der Waals surface area (Å²) in [5.74, 6) is -1.35. The molecule has 2 rings (SSSR count). The van der Waals surface area contributed by atoms with Crippen LogP contribution in [0.1, 0.15) is 15.9 Å². The quantitative estimate of drug-likeness (QED) is 0.856. The molecule has 1 fully saturated rings. The van der Waals surface area contributed by atoms with E-state index in [1.165, 1.54) is 20.2 Å². The lowest BCUT2D eigenvalue weighted by molar-refractivity contribution is 0.0925. The van der Waals surface area contributed by atoms with Crippen molar-refractivity contribution in [1.82, 2.24) is 9.62 Å². The van der Waals surface area contributed by atoms with E-state index in [0.717, 1.165) is 10.4 Å². The third-order valence-electron chi connectivity index (χ3n) is 3.80. The van der Waals surface area contributed by atoms with Crippen molar-refractivity contribution < 1.29 is 22.3 Å². The Hall–Kier alpha value is -1.51. The average Bonchev–Trinajstić information content (AvgIpc) is 2.84. The average molecular weight is 344 g/mol. The van der Waals surface area contributed by atoms with E-state index < -0.39 is 27.8 Å². The maximum atomic E-state index is 13.4. The molecule has 0 unspecified atom stereocenters. The predicted octanol–water partition coefficient (Wildman–Crippen LogP) is 0.770. The fourth-order valence-electron chi connectivity index (χ4n) is 2.46. The van der Waals surface area contributed by atoms with Gasteiger partial charge >= 0.3 is 0 Å². The maximum absolute atomic E-state index is 13.4. The van der Waals surface area contributed by atoms with Gasteiger partial charge in [0.05, 0.1) is 25.0 Å². The number of amides is 1. The summed E-state index contributed by atoms with van der Waals surface area (Å²) in [6, 6.07) is 3.66. The van der Waals surface area contributed by atoms with Crippen LogP contribution in [0.2, 0.25) is 0 Å². The molecule has 1 N–H and O–H groups in total. The summed E-state index contributed by atoms with van der Waals surface area (Å²) in [6.07, 6.45) is 0. The van der Waals surface area contributed by atoms with Gasteiger partial charge in [0.25, 0.3) is 5.91 Å². The number of hydrogen-bond donors (Lipinski definition) is 1. The first kappa shape index (κ1) is 17.8. The first-order chi connectivity index (χ1) is 10.7. The Morgan fingerprint density at radius 1 is 1.35 bits per heavy atom. The van der Waals surface area contributed by atoms with Crippen LogP contribution >= 0.6 is 0 Å². The highest BCUT2D eigenvalue weighted by atomic mass is 32.2. The van der Waals surface area contributed by atoms with E-state index in [1.807, 2.05) is 0 Å². The normalized spacial score (nSPS) is 21.6. The minimum atomic E-state index is -3.39. The van der Waals surface area contributed by atoms with Gasteiger partial charge in [-0.1, -0.05) is 0 Å². The molecule has 1 aliphatic rings. The highest BCUT2D eigenvalue weighted by Gasteiger charge is 2.34. The molecule has 0 aromatic heterocycles. The van der Waals surface area contributed by atoms with Crippen molar-refractivity contribution >= 4 is 15.9 Å². The maximum Gasteiger partial charge on any atom is 0.251 e. The molecule has 23 heavy (non-hydrogen) atoms. The van der Waals surface area contributed by atoms with Crippen LogP contribution in [0.5, 0.6) is 0 Å². The first-order valence-electron chi connectivity index (χ1n) is 7.25. The lowest BCUT2D eigenvalue weighted by Crippen LogP contribution is -2.43. The summed E-state index contributed by atoms with van der Waals surface area (Å²) in [7, 11) is -0.453. The molecule has 0 aliphatic carbocycles. The molecule has 0 saturated carbocycles. The van der Waals surface area contributed by atoms with Gasteiger partial charge in [0.1, 0.15) is 5.82 Å². The standard InChI is InChI=1S/C15H21FN2O4S/c1-10-4-11(6-13(16)5-10)15(19)17-14-8-22-7-12(14)9-23(20,21)18(2)3/h4-6,12,14H,7-9H2,1-3H3,(H,17,19)/t12-,14-/m0/s1. The predicted molar refractivity (Wildman–Crippen MR) is 84.2 cm³/mol. The Bertz CT molecular complexity index is 670. The number of benzene rings is 1. The van der Waals surface area contributed by atoms with Crippen LogP contribution in [0.15, 0.2) is 18.2 Å². The van der Waals surface area contributed by atoms with E-state index in [2.05, 4.69) is 5.32 Å². The number of halogens is 1. The van der Waals surface area contributed by atoms with E-state index in [0.29, 0.717) is 5.56 Å². The molecule has 1 heterocycles. The number of carbonyl (C=O) groups is 1. The van der Waals surface area contributed by atoms with E-state index in [-0.39, 0.29) is 30.4 Å². The van der Waals surface area contributed by atoms with Gasteiger partial charge in [-0.05, 0) is 30.7 Å². The SMILES string of the molecule is Cc1cc(F)cc(C(=O)N[C@H]2COC[C@H]2CS(=O)(=O)N(C)C)c1. The van der Waals surface area contributed by atoms with E-state index in [4.69, 9.17) is 4.74 Å². The molecule has 8 heteroatoms. The fourth-order valence-corrected chi connectivity index (χ4v) is 3.63. The number of sulfonamides is 1. The second kappa shape index (κ2) is 6.94. The minimum absolute atomic E-state index is 0.104. The molecule has 0 spiro atoms. The number of ether oxygens (including phenoxy) is 1. The molecular formula is C15H21FN2O4S. The molecule has 0 radical (unpaired) electrons. The molecule has 1 aromatic rings. The third-order valence-corrected chi connectivity index (χ3v) is 5.76. The zero-order chi connectivity index (χ0) is 17.2. The number of hydrogen-bond acceptors (Lipinski definition) is 4. The number of nitrogens with zero attached hydrogens (tertiary/aromatic N) is 1. The molecule has 1 amide bonds. The number of rotatable bonds is 5. The van der Waals surface area contributed by atoms with Crippen LogP contribution in [0.3, 0.4) is 0 Å². The molecule has 0 bridgehead atoms. The molecule has 2 atom stereocenters. The molecule has 6 nitrogen and oxygen atoms in total. The topological polar surface area (TPSA) is 75.7 Å². The largest absolute Gasteiger partial charge is 0.379 e. The monoisotopic (exact) mass is 344 g/mol. The van der Waals surface area contributed by atoms with Crippen molar-refractivity contribution in [2.75, 3.05) is 33.1 Å². The van der Waals surface area contributed by atoms with Crippen molar-refractivity contribution in [3.8, 4) is 0 Å². The van der Waals surface area contributed by atoms with Crippen molar-refractivity contribution in [3.05, 3.63) is 35.1 Å². The van der Waals surface area contributed by atoms with Crippen LogP contribution in [0.25, 0.3) is 0 Å². The van der Waals surface area contributed by atoms with Crippen molar-refractivity contribution in [1.29, 1.82) is 0 Å². The molecular weight excluding hydrogens is 323 g/mol. The summed E-state index contributed by atoms with van der Waals surface area (Å²) >= 11 is 0. The van der Waals surface area contributed by atoms with Crippen molar-refractivity contribution in [2.24, 2.45) is 5.92 Å². The summed E-state index contributed by atoms with van der Waals surface area (Å²) in [5, 5.41) is 2.75. The van der Waals surface area contributed by atoms with Gasteiger partial charge in [0, 0.05) is 25.6 Å². The van der Waals surface area contributed by atoms with Gasteiger partial charge in [-0.25, -0.2) is 17.1 Å². The lowest BCUT2D eigenvalue weighted by atomic mass is 10.1. The lowest BCUT2D eigenvalue weighted by Gasteiger charge is -2.21. The molecule has 1 aliphatic heterocycles. The highest BCUT2D eigenvalue weighted by molar-refractivity contribution is 7.89. The number of aryl methyl sites for hydroxylation is 1. The zero-order valence-electron chi connectivity index (χ0n) is 13.4. The Balaban J connectivity index is 2.07. The summed E-state index contributed by atoms with van der Waals surface area (Å²) in [4.78, 5) is 12.3. The van der Waals surface area contributed by atoms with Gasteiger partial charge in [-0.2, -0.15) is 0 Å². The second-order valence-electron chi connectivity index (χ2n) is 5.96. The van der Waals surface area contributed by atoms with E-state index in [1.54, 1.807) is 13.0 Å². The smallest absolute Gasteiger partial charge is 0.251 e. The number of carbonyl (C=O) groups excluding carboxylic acids is 1. The molecule has 1 aromatic carbocycles. The first-order valence-corrected chi connectivity index (χ1v) is 8.86. The summed E-state index contributed by atoms with van der Waals surface area (Å²) in [5.41, 5.74) is 0.855. The van der Waals surface area contributed by atoms with Crippen LogP contribution in [0.4, 0.5) is 4.39 Å². The van der Waals surface area contributed by atoms with Crippen LogP contribution in [0, 0.1) is 18.7 Å². The second-order valence-corrected chi connectivity index (χ2v) is 8.18. The Kier molecular flexibility index (Phi) is 5.38. The number of nitrogens with one attached hydrogen (secondary N) is 1. The van der Waals surface area contributed by atoms with Crippen molar-refractivity contribution in [2.45, 2.75) is 13.0 Å². The van der Waals surface area contributed by atoms with Gasteiger partial charge < -0.3 is 10.1 Å². The molecule has 128 valence electrons. The van der Waals surface area contributed by atoms with Crippen LogP contribution in [-0.2, 0) is 14.8 Å². The summed E-state index contributed by atoms with van der Waals surface area (Å²) in [6.45, 7) is 2.21. The fraction of sp³-hybridized carbons (Fsp3) is 0.533. The molecule has 1 saturated heterocycles.